The summed E-state index contributed by atoms with van der Waals surface area (Å²) in [7, 11) is 0. The summed E-state index contributed by atoms with van der Waals surface area (Å²) in [5.41, 5.74) is 5.73. The van der Waals surface area contributed by atoms with Gasteiger partial charge in [0, 0.05) is 12.5 Å². The van der Waals surface area contributed by atoms with Crippen molar-refractivity contribution in [2.24, 2.45) is 0 Å². The van der Waals surface area contributed by atoms with Gasteiger partial charge in [-0.1, -0.05) is 67.8 Å². The quantitative estimate of drug-likeness (QED) is 0.600. The number of nitrogens with zero attached hydrogens (tertiary/aromatic N) is 1. The van der Waals surface area contributed by atoms with Crippen LogP contribution in [0, 0.1) is 13.8 Å². The second-order valence-electron chi connectivity index (χ2n) is 7.23. The Morgan fingerprint density at radius 2 is 1.60 bits per heavy atom. The Hall–Kier alpha value is -2.35. The molecular formula is C23H27N2+. The van der Waals surface area contributed by atoms with E-state index in [4.69, 9.17) is 1.41 Å². The Labute approximate surface area is 152 Å². The molecule has 4 rings (SSSR count). The fourth-order valence-electron chi connectivity index (χ4n) is 4.15. The Bertz CT molecular complexity index is 905. The monoisotopic (exact) mass is 332 g/mol. The molecule has 0 saturated heterocycles. The van der Waals surface area contributed by atoms with Crippen molar-refractivity contribution in [1.82, 2.24) is 4.98 Å². The van der Waals surface area contributed by atoms with Crippen LogP contribution < -0.4 is 4.57 Å². The maximum atomic E-state index is 9.00. The maximum absolute atomic E-state index is 9.00. The van der Waals surface area contributed by atoms with Crippen LogP contribution in [-0.4, -0.2) is 4.98 Å². The number of para-hydroxylation sites is 1. The van der Waals surface area contributed by atoms with Crippen molar-refractivity contribution < 1.29 is 5.98 Å². The van der Waals surface area contributed by atoms with E-state index in [2.05, 4.69) is 66.9 Å². The molecule has 1 N–H and O–H groups in total. The zero-order valence-corrected chi connectivity index (χ0v) is 15.2. The van der Waals surface area contributed by atoms with Crippen molar-refractivity contribution in [2.45, 2.75) is 51.9 Å². The SMILES string of the molecule is [2H]n1c(-c2ccccc2)c(C)[n+](-c2ccccc2C)c1C1CCCCC1. The molecule has 0 bridgehead atoms. The van der Waals surface area contributed by atoms with Crippen LogP contribution in [0.15, 0.2) is 54.6 Å². The van der Waals surface area contributed by atoms with Crippen molar-refractivity contribution >= 4 is 0 Å². The Morgan fingerprint density at radius 3 is 2.32 bits per heavy atom. The summed E-state index contributed by atoms with van der Waals surface area (Å²) in [5, 5.41) is 0. The summed E-state index contributed by atoms with van der Waals surface area (Å²) in [6, 6.07) is 18.9. The van der Waals surface area contributed by atoms with E-state index in [1.165, 1.54) is 43.4 Å². The first-order valence-corrected chi connectivity index (χ1v) is 9.46. The molecule has 1 aliphatic carbocycles. The summed E-state index contributed by atoms with van der Waals surface area (Å²) in [6.45, 7) is 4.32. The molecule has 3 aromatic rings. The number of hydrogen-bond acceptors (Lipinski definition) is 0. The lowest BCUT2D eigenvalue weighted by Crippen LogP contribution is -2.39. The van der Waals surface area contributed by atoms with Gasteiger partial charge in [-0.3, -0.25) is 0 Å². The number of aromatic amines is 1. The van der Waals surface area contributed by atoms with Crippen molar-refractivity contribution in [3.63, 3.8) is 0 Å². The molecule has 2 aromatic carbocycles. The third kappa shape index (κ3) is 3.02. The van der Waals surface area contributed by atoms with Crippen molar-refractivity contribution in [3.05, 3.63) is 71.7 Å². The van der Waals surface area contributed by atoms with Crippen LogP contribution >= 0.6 is 0 Å². The average molecular weight is 332 g/mol. The van der Waals surface area contributed by atoms with Gasteiger partial charge in [0.25, 0.3) is 5.82 Å². The zero-order chi connectivity index (χ0) is 18.1. The third-order valence-corrected chi connectivity index (χ3v) is 5.51. The van der Waals surface area contributed by atoms with Gasteiger partial charge < -0.3 is 0 Å². The lowest BCUT2D eigenvalue weighted by atomic mass is 9.88. The molecular weight excluding hydrogens is 304 g/mol. The Morgan fingerprint density at radius 1 is 0.920 bits per heavy atom. The molecule has 0 unspecified atom stereocenters. The summed E-state index contributed by atoms with van der Waals surface area (Å²) in [5.74, 6) is 1.59. The van der Waals surface area contributed by atoms with E-state index in [0.717, 1.165) is 22.8 Å². The number of H-pyrrole nitrogens is 1. The molecule has 0 atom stereocenters. The molecule has 1 aliphatic rings. The summed E-state index contributed by atoms with van der Waals surface area (Å²) in [6.07, 6.45) is 6.22. The van der Waals surface area contributed by atoms with Crippen LogP contribution in [0.25, 0.3) is 16.9 Å². The first-order valence-electron chi connectivity index (χ1n) is 9.91. The van der Waals surface area contributed by atoms with Crippen LogP contribution in [0.5, 0.6) is 0 Å². The molecule has 25 heavy (non-hydrogen) atoms. The highest BCUT2D eigenvalue weighted by atomic mass is 15.1. The lowest BCUT2D eigenvalue weighted by Gasteiger charge is -2.18. The van der Waals surface area contributed by atoms with Gasteiger partial charge in [0.1, 0.15) is 5.69 Å². The fraction of sp³-hybridized carbons (Fsp3) is 0.348. The van der Waals surface area contributed by atoms with E-state index >= 15 is 0 Å². The van der Waals surface area contributed by atoms with Gasteiger partial charge >= 0.3 is 1.41 Å². The molecule has 2 heteroatoms. The second kappa shape index (κ2) is 6.87. The molecule has 1 heterocycles. The van der Waals surface area contributed by atoms with Crippen LogP contribution in [-0.2, 0) is 0 Å². The molecule has 1 fully saturated rings. The molecule has 0 radical (unpaired) electrons. The smallest absolute Gasteiger partial charge is 0.240 e. The topological polar surface area (TPSA) is 19.7 Å². The van der Waals surface area contributed by atoms with Crippen LogP contribution in [0.3, 0.4) is 0 Å². The van der Waals surface area contributed by atoms with E-state index in [-0.39, 0.29) is 0 Å². The standard InChI is InChI=1S/C23H26N2/c1-17-11-9-10-16-21(17)25-18(2)22(19-12-5-3-6-13-19)24-23(25)20-14-7-4-8-15-20/h3,5-6,9-13,16,20H,4,7-8,14-15H2,1-2H3/p+1/i/hD. The van der Waals surface area contributed by atoms with Gasteiger partial charge in [-0.05, 0) is 31.4 Å². The minimum Gasteiger partial charge on any atom is -0.240 e. The zero-order valence-electron chi connectivity index (χ0n) is 16.2. The Kier molecular flexibility index (Phi) is 4.11. The van der Waals surface area contributed by atoms with Gasteiger partial charge in [-0.2, -0.15) is 4.57 Å². The van der Waals surface area contributed by atoms with Gasteiger partial charge in [-0.25, -0.2) is 4.98 Å². The van der Waals surface area contributed by atoms with E-state index in [1.807, 2.05) is 6.07 Å². The summed E-state index contributed by atoms with van der Waals surface area (Å²) in [4.78, 5) is 1.72. The highest BCUT2D eigenvalue weighted by molar-refractivity contribution is 5.61. The fourth-order valence-corrected chi connectivity index (χ4v) is 4.15. The highest BCUT2D eigenvalue weighted by Crippen LogP contribution is 2.33. The van der Waals surface area contributed by atoms with Crippen molar-refractivity contribution in [2.75, 3.05) is 0 Å². The second-order valence-corrected chi connectivity index (χ2v) is 7.23. The first kappa shape index (κ1) is 14.9. The van der Waals surface area contributed by atoms with Gasteiger partial charge in [-0.15, -0.1) is 0 Å². The number of imidazole rings is 1. The average Bonchev–Trinajstić information content (AvgIpc) is 2.94. The van der Waals surface area contributed by atoms with E-state index < -0.39 is 0 Å². The number of aryl methyl sites for hydroxylation is 1. The minimum atomic E-state index is 0.456. The number of aromatic nitrogens is 2. The minimum absolute atomic E-state index is 0.456. The summed E-state index contributed by atoms with van der Waals surface area (Å²) < 4.78 is 11.3. The molecule has 2 nitrogen and oxygen atoms in total. The number of benzene rings is 2. The van der Waals surface area contributed by atoms with Crippen molar-refractivity contribution in [1.29, 1.82) is 0 Å². The first-order chi connectivity index (χ1) is 12.7. The van der Waals surface area contributed by atoms with Crippen molar-refractivity contribution in [3.8, 4) is 16.9 Å². The molecule has 128 valence electrons. The van der Waals surface area contributed by atoms with Crippen LogP contribution in [0.4, 0.5) is 0 Å². The van der Waals surface area contributed by atoms with Gasteiger partial charge in [0.05, 0.1) is 5.92 Å². The highest BCUT2D eigenvalue weighted by Gasteiger charge is 2.31. The number of rotatable bonds is 3. The molecule has 1 aromatic heterocycles. The molecule has 1 saturated carbocycles. The Balaban J connectivity index is 1.98. The maximum Gasteiger partial charge on any atom is 0.312 e. The van der Waals surface area contributed by atoms with Gasteiger partial charge in [0.2, 0.25) is 0 Å². The van der Waals surface area contributed by atoms with E-state index in [1.54, 1.807) is 4.98 Å². The van der Waals surface area contributed by atoms with E-state index in [0.29, 0.717) is 5.92 Å². The largest absolute Gasteiger partial charge is 0.312 e. The molecule has 0 aliphatic heterocycles. The number of nitrogens with one attached hydrogen (secondary N) is 1. The van der Waals surface area contributed by atoms with Crippen LogP contribution in [0.1, 0.15) is 55.1 Å². The van der Waals surface area contributed by atoms with E-state index in [9.17, 15) is 0 Å². The normalized spacial score (nSPS) is 16.0. The summed E-state index contributed by atoms with van der Waals surface area (Å²) >= 11 is 0. The predicted molar refractivity (Wildman–Crippen MR) is 103 cm³/mol. The molecule has 0 amide bonds. The molecule has 0 spiro atoms. The van der Waals surface area contributed by atoms with Crippen LogP contribution in [0.2, 0.25) is 1.41 Å². The number of hydrogen-bond donors (Lipinski definition) is 1. The predicted octanol–water partition coefficient (Wildman–Crippen LogP) is 5.62. The third-order valence-electron chi connectivity index (χ3n) is 5.51. The lowest BCUT2D eigenvalue weighted by molar-refractivity contribution is -0.611. The van der Waals surface area contributed by atoms with Gasteiger partial charge in [0.15, 0.2) is 11.4 Å².